The van der Waals surface area contributed by atoms with Gasteiger partial charge in [-0.25, -0.2) is 30.7 Å². The topological polar surface area (TPSA) is 9.23 Å². The molecule has 0 heterocycles. The van der Waals surface area contributed by atoms with E-state index in [-0.39, 0.29) is 17.7 Å². The molecule has 0 atom stereocenters. The van der Waals surface area contributed by atoms with Crippen molar-refractivity contribution in [3.8, 4) is 28.0 Å². The number of hydrogen-bond acceptors (Lipinski definition) is 1. The first-order valence-corrected chi connectivity index (χ1v) is 11.2. The predicted molar refractivity (Wildman–Crippen MR) is 122 cm³/mol. The van der Waals surface area contributed by atoms with Gasteiger partial charge in [-0.2, -0.15) is 8.78 Å². The fraction of sp³-hybridized carbons (Fsp3) is 0.143. The van der Waals surface area contributed by atoms with E-state index in [4.69, 9.17) is 0 Å². The van der Waals surface area contributed by atoms with Crippen LogP contribution in [0.4, 0.5) is 39.5 Å². The molecule has 0 spiro atoms. The molecule has 0 aliphatic carbocycles. The van der Waals surface area contributed by atoms with Crippen molar-refractivity contribution in [2.24, 2.45) is 0 Å². The van der Waals surface area contributed by atoms with Crippen molar-refractivity contribution >= 4 is 0 Å². The van der Waals surface area contributed by atoms with Crippen LogP contribution in [0.25, 0.3) is 22.3 Å². The summed E-state index contributed by atoms with van der Waals surface area (Å²) < 4.78 is 132. The number of rotatable bonds is 7. The normalized spacial score (nSPS) is 11.6. The predicted octanol–water partition coefficient (Wildman–Crippen LogP) is 9.08. The molecule has 38 heavy (non-hydrogen) atoms. The molecule has 4 aromatic carbocycles. The Kier molecular flexibility index (Phi) is 7.44. The van der Waals surface area contributed by atoms with E-state index in [2.05, 4.69) is 4.74 Å². The number of ether oxygens (including phenoxy) is 1. The average Bonchev–Trinajstić information content (AvgIpc) is 2.84. The highest BCUT2D eigenvalue weighted by molar-refractivity contribution is 5.72. The van der Waals surface area contributed by atoms with Crippen molar-refractivity contribution in [2.45, 2.75) is 25.9 Å². The van der Waals surface area contributed by atoms with Gasteiger partial charge in [0.2, 0.25) is 0 Å². The largest absolute Gasteiger partial charge is 0.432 e. The molecule has 0 aliphatic rings. The quantitative estimate of drug-likeness (QED) is 0.168. The number of halogens is 9. The van der Waals surface area contributed by atoms with E-state index < -0.39 is 69.3 Å². The molecule has 0 bridgehead atoms. The molecule has 0 saturated carbocycles. The molecule has 0 radical (unpaired) electrons. The molecule has 0 unspecified atom stereocenters. The van der Waals surface area contributed by atoms with Crippen LogP contribution in [0.5, 0.6) is 5.75 Å². The molecule has 0 saturated heterocycles. The second-order valence-electron chi connectivity index (χ2n) is 8.37. The van der Waals surface area contributed by atoms with E-state index in [0.29, 0.717) is 17.7 Å². The van der Waals surface area contributed by atoms with Gasteiger partial charge in [-0.1, -0.05) is 49.7 Å². The molecule has 4 rings (SSSR count). The van der Waals surface area contributed by atoms with Gasteiger partial charge in [0.15, 0.2) is 29.1 Å². The molecule has 0 amide bonds. The Morgan fingerprint density at radius 3 is 1.61 bits per heavy atom. The average molecular weight is 540 g/mol. The Morgan fingerprint density at radius 2 is 1.11 bits per heavy atom. The van der Waals surface area contributed by atoms with E-state index in [0.717, 1.165) is 24.5 Å². The molecule has 4 aromatic rings. The minimum Gasteiger partial charge on any atom is -0.429 e. The molecular weight excluding hydrogens is 523 g/mol. The van der Waals surface area contributed by atoms with Crippen LogP contribution in [0.15, 0.2) is 60.7 Å². The Labute approximate surface area is 211 Å². The zero-order valence-corrected chi connectivity index (χ0v) is 19.5. The van der Waals surface area contributed by atoms with E-state index in [9.17, 15) is 39.5 Å². The molecule has 0 fully saturated rings. The van der Waals surface area contributed by atoms with Crippen molar-refractivity contribution in [1.82, 2.24) is 0 Å². The molecule has 10 heteroatoms. The maximum absolute atomic E-state index is 14.9. The van der Waals surface area contributed by atoms with Gasteiger partial charge in [-0.3, -0.25) is 0 Å². The van der Waals surface area contributed by atoms with Crippen LogP contribution in [0.1, 0.15) is 24.5 Å². The SMILES string of the molecule is CCCc1ccc(-c2ccc(-c3cc(F)c(C(F)(F)Oc4cc(F)c(F)c(F)c4)c(F)c3)c(F)c2F)cc1. The Morgan fingerprint density at radius 1 is 0.605 bits per heavy atom. The van der Waals surface area contributed by atoms with E-state index >= 15 is 0 Å². The molecule has 0 aliphatic heterocycles. The second kappa shape index (κ2) is 10.4. The van der Waals surface area contributed by atoms with Crippen LogP contribution < -0.4 is 4.74 Å². The summed E-state index contributed by atoms with van der Waals surface area (Å²) in [5.74, 6) is -13.6. The smallest absolute Gasteiger partial charge is 0.429 e. The van der Waals surface area contributed by atoms with E-state index in [1.807, 2.05) is 6.92 Å². The monoisotopic (exact) mass is 540 g/mol. The minimum absolute atomic E-state index is 0.0631. The molecule has 198 valence electrons. The lowest BCUT2D eigenvalue weighted by molar-refractivity contribution is -0.189. The first-order valence-electron chi connectivity index (χ1n) is 11.2. The number of aryl methyl sites for hydroxylation is 1. The second-order valence-corrected chi connectivity index (χ2v) is 8.37. The van der Waals surface area contributed by atoms with Crippen LogP contribution in [0.2, 0.25) is 0 Å². The Bertz CT molecular complexity index is 1450. The summed E-state index contributed by atoms with van der Waals surface area (Å²) in [6, 6.07) is 9.71. The molecule has 0 aromatic heterocycles. The Balaban J connectivity index is 1.68. The lowest BCUT2D eigenvalue weighted by Gasteiger charge is -2.20. The van der Waals surface area contributed by atoms with E-state index in [1.54, 1.807) is 24.3 Å². The Hall–Kier alpha value is -3.95. The molecule has 0 N–H and O–H groups in total. The minimum atomic E-state index is -4.82. The van der Waals surface area contributed by atoms with Crippen LogP contribution in [-0.2, 0) is 12.5 Å². The van der Waals surface area contributed by atoms with Crippen molar-refractivity contribution in [3.05, 3.63) is 113 Å². The third kappa shape index (κ3) is 5.20. The highest BCUT2D eigenvalue weighted by atomic mass is 19.3. The van der Waals surface area contributed by atoms with Crippen LogP contribution in [-0.4, -0.2) is 0 Å². The lowest BCUT2D eigenvalue weighted by atomic mass is 9.96. The third-order valence-electron chi connectivity index (χ3n) is 5.73. The van der Waals surface area contributed by atoms with Crippen LogP contribution in [0, 0.1) is 40.7 Å². The summed E-state index contributed by atoms with van der Waals surface area (Å²) in [4.78, 5) is 0. The van der Waals surface area contributed by atoms with Gasteiger partial charge in [0, 0.05) is 23.3 Å². The van der Waals surface area contributed by atoms with Crippen molar-refractivity contribution < 1.29 is 44.3 Å². The fourth-order valence-electron chi connectivity index (χ4n) is 3.93. The van der Waals surface area contributed by atoms with Gasteiger partial charge in [0.05, 0.1) is 0 Å². The van der Waals surface area contributed by atoms with Gasteiger partial charge < -0.3 is 4.74 Å². The summed E-state index contributed by atoms with van der Waals surface area (Å²) >= 11 is 0. The van der Waals surface area contributed by atoms with Crippen molar-refractivity contribution in [2.75, 3.05) is 0 Å². The summed E-state index contributed by atoms with van der Waals surface area (Å²) in [6.45, 7) is 1.99. The van der Waals surface area contributed by atoms with Gasteiger partial charge in [-0.05, 0) is 35.2 Å². The number of alkyl halides is 2. The van der Waals surface area contributed by atoms with Crippen LogP contribution >= 0.6 is 0 Å². The highest BCUT2D eigenvalue weighted by Crippen LogP contribution is 2.39. The van der Waals surface area contributed by atoms with Crippen molar-refractivity contribution in [1.29, 1.82) is 0 Å². The number of benzene rings is 4. The maximum atomic E-state index is 14.9. The standard InChI is InChI=1S/C28H17F9O/c1-2-3-14-4-6-15(7-5-14)18-8-9-19(26(34)25(18)33)16-10-20(29)24(21(30)11-16)28(36,37)38-17-12-22(31)27(35)23(32)13-17/h4-13H,2-3H2,1H3. The zero-order valence-electron chi connectivity index (χ0n) is 19.5. The first kappa shape index (κ1) is 27.1. The summed E-state index contributed by atoms with van der Waals surface area (Å²) in [6.07, 6.45) is -3.13. The molecule has 1 nitrogen and oxygen atoms in total. The van der Waals surface area contributed by atoms with Crippen molar-refractivity contribution in [3.63, 3.8) is 0 Å². The third-order valence-corrected chi connectivity index (χ3v) is 5.73. The first-order chi connectivity index (χ1) is 17.9. The van der Waals surface area contributed by atoms with Gasteiger partial charge >= 0.3 is 6.11 Å². The van der Waals surface area contributed by atoms with Gasteiger partial charge in [0.1, 0.15) is 22.9 Å². The van der Waals surface area contributed by atoms with Gasteiger partial charge in [0.25, 0.3) is 0 Å². The van der Waals surface area contributed by atoms with E-state index in [1.165, 1.54) is 6.07 Å². The lowest BCUT2D eigenvalue weighted by Crippen LogP contribution is -2.25. The fourth-order valence-corrected chi connectivity index (χ4v) is 3.93. The highest BCUT2D eigenvalue weighted by Gasteiger charge is 2.41. The maximum Gasteiger partial charge on any atom is 0.432 e. The van der Waals surface area contributed by atoms with Gasteiger partial charge in [-0.15, -0.1) is 0 Å². The summed E-state index contributed by atoms with van der Waals surface area (Å²) in [7, 11) is 0. The van der Waals surface area contributed by atoms with Crippen LogP contribution in [0.3, 0.4) is 0 Å². The summed E-state index contributed by atoms with van der Waals surface area (Å²) in [5, 5.41) is 0. The summed E-state index contributed by atoms with van der Waals surface area (Å²) in [5.41, 5.74) is -1.94. The zero-order chi connectivity index (χ0) is 27.8. The molecular formula is C28H17F9O. The number of hydrogen-bond donors (Lipinski definition) is 0.